The predicted octanol–water partition coefficient (Wildman–Crippen LogP) is 7.11. The molecule has 39 heavy (non-hydrogen) atoms. The normalized spacial score (nSPS) is 11.4. The van der Waals surface area contributed by atoms with E-state index < -0.39 is 5.97 Å². The lowest BCUT2D eigenvalue weighted by atomic mass is 10.0. The molecule has 6 nitrogen and oxygen atoms in total. The molecule has 5 aromatic rings. The van der Waals surface area contributed by atoms with Crippen LogP contribution in [0.5, 0.6) is 5.75 Å². The molecule has 0 saturated heterocycles. The molecule has 0 aliphatic rings. The van der Waals surface area contributed by atoms with Gasteiger partial charge in [0, 0.05) is 24.6 Å². The third-order valence-corrected chi connectivity index (χ3v) is 6.75. The molecule has 0 saturated carbocycles. The molecular formula is C33H34N2O4. The molecule has 0 unspecified atom stereocenters. The molecule has 2 aromatic heterocycles. The molecule has 200 valence electrons. The molecule has 0 fully saturated rings. The SMILES string of the molecule is COCc1c(C(=O)OC(C)C)ncc2c1c1c(OCc3ccccc3)cccc1n2CCCc1ccccc1. The Hall–Kier alpha value is -4.16. The van der Waals surface area contributed by atoms with Gasteiger partial charge in [-0.05, 0) is 49.9 Å². The van der Waals surface area contributed by atoms with Crippen molar-refractivity contribution in [2.24, 2.45) is 0 Å². The number of aromatic nitrogens is 2. The molecule has 0 atom stereocenters. The van der Waals surface area contributed by atoms with Gasteiger partial charge in [-0.3, -0.25) is 0 Å². The van der Waals surface area contributed by atoms with Gasteiger partial charge in [0.1, 0.15) is 12.4 Å². The molecule has 0 N–H and O–H groups in total. The Morgan fingerprint density at radius 1 is 0.846 bits per heavy atom. The Balaban J connectivity index is 1.64. The van der Waals surface area contributed by atoms with Crippen LogP contribution in [0.4, 0.5) is 0 Å². The van der Waals surface area contributed by atoms with E-state index in [4.69, 9.17) is 14.2 Å². The predicted molar refractivity (Wildman–Crippen MR) is 154 cm³/mol. The summed E-state index contributed by atoms with van der Waals surface area (Å²) in [5.41, 5.74) is 5.37. The fourth-order valence-corrected chi connectivity index (χ4v) is 5.06. The quantitative estimate of drug-likeness (QED) is 0.173. The second-order valence-electron chi connectivity index (χ2n) is 9.90. The third-order valence-electron chi connectivity index (χ3n) is 6.75. The van der Waals surface area contributed by atoms with Crippen LogP contribution in [0.15, 0.2) is 85.1 Å². The van der Waals surface area contributed by atoms with Gasteiger partial charge in [0.05, 0.1) is 35.3 Å². The summed E-state index contributed by atoms with van der Waals surface area (Å²) in [7, 11) is 1.63. The van der Waals surface area contributed by atoms with Crippen molar-refractivity contribution >= 4 is 27.8 Å². The number of carbonyl (C=O) groups is 1. The number of methoxy groups -OCH3 is 1. The number of nitrogens with zero attached hydrogens (tertiary/aromatic N) is 2. The van der Waals surface area contributed by atoms with Crippen molar-refractivity contribution in [3.05, 3.63) is 107 Å². The van der Waals surface area contributed by atoms with Gasteiger partial charge in [-0.25, -0.2) is 9.78 Å². The zero-order chi connectivity index (χ0) is 27.2. The first-order valence-corrected chi connectivity index (χ1v) is 13.4. The van der Waals surface area contributed by atoms with Crippen molar-refractivity contribution in [3.8, 4) is 5.75 Å². The number of ether oxygens (including phenoxy) is 3. The lowest BCUT2D eigenvalue weighted by Gasteiger charge is -2.13. The highest BCUT2D eigenvalue weighted by atomic mass is 16.5. The van der Waals surface area contributed by atoms with Crippen molar-refractivity contribution in [3.63, 3.8) is 0 Å². The Labute approximate surface area is 229 Å². The Bertz CT molecular complexity index is 1560. The van der Waals surface area contributed by atoms with E-state index in [-0.39, 0.29) is 18.4 Å². The summed E-state index contributed by atoms with van der Waals surface area (Å²) in [5, 5.41) is 1.87. The van der Waals surface area contributed by atoms with E-state index in [2.05, 4.69) is 39.9 Å². The minimum atomic E-state index is -0.452. The molecule has 6 heteroatoms. The number of aryl methyl sites for hydroxylation is 2. The zero-order valence-electron chi connectivity index (χ0n) is 22.7. The second kappa shape index (κ2) is 12.1. The second-order valence-corrected chi connectivity index (χ2v) is 9.90. The highest BCUT2D eigenvalue weighted by molar-refractivity contribution is 6.14. The molecule has 2 heterocycles. The summed E-state index contributed by atoms with van der Waals surface area (Å²) in [6.07, 6.45) is 3.45. The molecule has 0 aliphatic heterocycles. The van der Waals surface area contributed by atoms with Crippen LogP contribution in [0.1, 0.15) is 47.4 Å². The van der Waals surface area contributed by atoms with Gasteiger partial charge in [0.2, 0.25) is 0 Å². The van der Waals surface area contributed by atoms with Crippen LogP contribution in [0.3, 0.4) is 0 Å². The number of rotatable bonds is 11. The smallest absolute Gasteiger partial charge is 0.357 e. The number of fused-ring (bicyclic) bond motifs is 3. The van der Waals surface area contributed by atoms with E-state index in [1.165, 1.54) is 5.56 Å². The Morgan fingerprint density at radius 3 is 2.26 bits per heavy atom. The van der Waals surface area contributed by atoms with Crippen molar-refractivity contribution in [1.29, 1.82) is 0 Å². The van der Waals surface area contributed by atoms with Crippen molar-refractivity contribution < 1.29 is 19.0 Å². The van der Waals surface area contributed by atoms with Crippen LogP contribution >= 0.6 is 0 Å². The van der Waals surface area contributed by atoms with E-state index >= 15 is 0 Å². The van der Waals surface area contributed by atoms with E-state index in [1.807, 2.05) is 62.4 Å². The highest BCUT2D eigenvalue weighted by Gasteiger charge is 2.24. The van der Waals surface area contributed by atoms with E-state index in [0.717, 1.165) is 52.5 Å². The van der Waals surface area contributed by atoms with Crippen LogP contribution in [0, 0.1) is 0 Å². The molecule has 3 aromatic carbocycles. The van der Waals surface area contributed by atoms with Crippen LogP contribution in [0.25, 0.3) is 21.8 Å². The number of hydrogen-bond donors (Lipinski definition) is 0. The first-order valence-electron chi connectivity index (χ1n) is 13.4. The van der Waals surface area contributed by atoms with Crippen LogP contribution in [0.2, 0.25) is 0 Å². The summed E-state index contributed by atoms with van der Waals surface area (Å²) in [6, 6.07) is 26.7. The lowest BCUT2D eigenvalue weighted by Crippen LogP contribution is -2.16. The molecular weight excluding hydrogens is 488 g/mol. The van der Waals surface area contributed by atoms with Gasteiger partial charge in [-0.2, -0.15) is 0 Å². The molecule has 0 aliphatic carbocycles. The first-order chi connectivity index (χ1) is 19.1. The average molecular weight is 523 g/mol. The van der Waals surface area contributed by atoms with Crippen LogP contribution in [-0.4, -0.2) is 28.7 Å². The van der Waals surface area contributed by atoms with Crippen molar-refractivity contribution in [1.82, 2.24) is 9.55 Å². The molecule has 0 bridgehead atoms. The molecule has 0 amide bonds. The van der Waals surface area contributed by atoms with Gasteiger partial charge in [0.25, 0.3) is 0 Å². The van der Waals surface area contributed by atoms with Gasteiger partial charge in [-0.15, -0.1) is 0 Å². The number of esters is 1. The minimum absolute atomic E-state index is 0.225. The first kappa shape index (κ1) is 26.4. The maximum Gasteiger partial charge on any atom is 0.357 e. The number of benzene rings is 3. The molecule has 0 radical (unpaired) electrons. The highest BCUT2D eigenvalue weighted by Crippen LogP contribution is 2.39. The summed E-state index contributed by atoms with van der Waals surface area (Å²) in [5.74, 6) is 0.307. The summed E-state index contributed by atoms with van der Waals surface area (Å²) in [6.45, 7) is 5.12. The summed E-state index contributed by atoms with van der Waals surface area (Å²) in [4.78, 5) is 17.7. The minimum Gasteiger partial charge on any atom is -0.488 e. The topological polar surface area (TPSA) is 62.6 Å². The third kappa shape index (κ3) is 5.81. The maximum atomic E-state index is 13.1. The zero-order valence-corrected chi connectivity index (χ0v) is 22.7. The van der Waals surface area contributed by atoms with E-state index in [0.29, 0.717) is 12.2 Å². The van der Waals surface area contributed by atoms with Crippen molar-refractivity contribution in [2.45, 2.75) is 52.6 Å². The fraction of sp³-hybridized carbons (Fsp3) is 0.273. The standard InChI is InChI=1S/C33H34N2O4/c1-23(2)39-33(36)32-26(22-37-3)30-28(20-34-32)35(19-11-16-24-12-6-4-7-13-24)27-17-10-18-29(31(27)30)38-21-25-14-8-5-9-15-25/h4-10,12-15,17-18,20,23H,11,16,19,21-22H2,1-3H3. The monoisotopic (exact) mass is 522 g/mol. The number of pyridine rings is 1. The van der Waals surface area contributed by atoms with Gasteiger partial charge < -0.3 is 18.8 Å². The molecule has 5 rings (SSSR count). The van der Waals surface area contributed by atoms with Crippen molar-refractivity contribution in [2.75, 3.05) is 7.11 Å². The number of hydrogen-bond acceptors (Lipinski definition) is 5. The molecule has 0 spiro atoms. The summed E-state index contributed by atoms with van der Waals surface area (Å²) >= 11 is 0. The average Bonchev–Trinajstić information content (AvgIpc) is 3.27. The van der Waals surface area contributed by atoms with Crippen LogP contribution in [-0.2, 0) is 35.7 Å². The van der Waals surface area contributed by atoms with E-state index in [1.54, 1.807) is 13.3 Å². The maximum absolute atomic E-state index is 13.1. The summed E-state index contributed by atoms with van der Waals surface area (Å²) < 4.78 is 19.8. The number of carbonyl (C=O) groups excluding carboxylic acids is 1. The van der Waals surface area contributed by atoms with E-state index in [9.17, 15) is 4.79 Å². The largest absolute Gasteiger partial charge is 0.488 e. The Kier molecular flexibility index (Phi) is 8.23. The van der Waals surface area contributed by atoms with Gasteiger partial charge >= 0.3 is 5.97 Å². The Morgan fingerprint density at radius 2 is 1.56 bits per heavy atom. The van der Waals surface area contributed by atoms with Gasteiger partial charge in [0.15, 0.2) is 5.69 Å². The van der Waals surface area contributed by atoms with Gasteiger partial charge in [-0.1, -0.05) is 66.7 Å². The fourth-order valence-electron chi connectivity index (χ4n) is 5.06. The van der Waals surface area contributed by atoms with Crippen LogP contribution < -0.4 is 4.74 Å². The lowest BCUT2D eigenvalue weighted by molar-refractivity contribution is 0.0366.